The van der Waals surface area contributed by atoms with Gasteiger partial charge in [0.15, 0.2) is 0 Å². The zero-order chi connectivity index (χ0) is 15.0. The minimum atomic E-state index is 0.474. The number of fused-ring (bicyclic) bond motifs is 1. The molecule has 5 nitrogen and oxygen atoms in total. The van der Waals surface area contributed by atoms with E-state index in [0.29, 0.717) is 11.4 Å². The first-order valence-corrected chi connectivity index (χ1v) is 8.36. The van der Waals surface area contributed by atoms with E-state index in [1.165, 1.54) is 24.1 Å². The number of aromatic nitrogens is 2. The van der Waals surface area contributed by atoms with E-state index >= 15 is 0 Å². The Morgan fingerprint density at radius 2 is 2.10 bits per heavy atom. The Balaban J connectivity index is 1.96. The van der Waals surface area contributed by atoms with E-state index in [2.05, 4.69) is 47.1 Å². The van der Waals surface area contributed by atoms with E-state index in [0.717, 1.165) is 29.1 Å². The monoisotopic (exact) mass is 305 g/mol. The summed E-state index contributed by atoms with van der Waals surface area (Å²) in [6, 6.07) is 2.18. The molecule has 0 amide bonds. The van der Waals surface area contributed by atoms with Gasteiger partial charge < -0.3 is 4.90 Å². The van der Waals surface area contributed by atoms with E-state index in [1.54, 1.807) is 11.3 Å². The van der Waals surface area contributed by atoms with Gasteiger partial charge in [0.1, 0.15) is 10.6 Å². The van der Waals surface area contributed by atoms with Crippen molar-refractivity contribution < 1.29 is 0 Å². The van der Waals surface area contributed by atoms with Crippen LogP contribution in [0.5, 0.6) is 0 Å². The predicted molar refractivity (Wildman–Crippen MR) is 89.8 cm³/mol. The number of nitrogens with zero attached hydrogens (tertiary/aromatic N) is 3. The molecule has 0 radical (unpaired) electrons. The van der Waals surface area contributed by atoms with Crippen molar-refractivity contribution in [3.05, 3.63) is 10.9 Å². The van der Waals surface area contributed by atoms with E-state index in [9.17, 15) is 0 Å². The van der Waals surface area contributed by atoms with Crippen molar-refractivity contribution in [3.63, 3.8) is 0 Å². The van der Waals surface area contributed by atoms with Crippen LogP contribution < -0.4 is 16.2 Å². The Morgan fingerprint density at radius 3 is 2.71 bits per heavy atom. The molecular weight excluding hydrogens is 282 g/mol. The van der Waals surface area contributed by atoms with Crippen LogP contribution >= 0.6 is 11.3 Å². The fourth-order valence-electron chi connectivity index (χ4n) is 2.94. The second-order valence-corrected chi connectivity index (χ2v) is 7.48. The highest BCUT2D eigenvalue weighted by Crippen LogP contribution is 2.38. The Kier molecular flexibility index (Phi) is 3.75. The summed E-state index contributed by atoms with van der Waals surface area (Å²) in [6.07, 6.45) is 3.67. The molecule has 114 valence electrons. The molecule has 1 saturated heterocycles. The molecular formula is C15H23N5S. The Hall–Kier alpha value is -1.40. The highest BCUT2D eigenvalue weighted by molar-refractivity contribution is 7.18. The summed E-state index contributed by atoms with van der Waals surface area (Å²) in [7, 11) is 0. The van der Waals surface area contributed by atoms with Gasteiger partial charge >= 0.3 is 0 Å². The van der Waals surface area contributed by atoms with Gasteiger partial charge in [-0.05, 0) is 31.2 Å². The highest BCUT2D eigenvalue weighted by atomic mass is 32.1. The van der Waals surface area contributed by atoms with E-state index in [-0.39, 0.29) is 0 Å². The van der Waals surface area contributed by atoms with Crippen LogP contribution in [0, 0.1) is 12.3 Å². The van der Waals surface area contributed by atoms with Gasteiger partial charge in [0.2, 0.25) is 5.95 Å². The smallest absolute Gasteiger partial charge is 0.240 e. The van der Waals surface area contributed by atoms with E-state index < -0.39 is 0 Å². The summed E-state index contributed by atoms with van der Waals surface area (Å²) in [4.78, 5) is 13.7. The molecule has 3 rings (SSSR count). The Bertz CT molecular complexity index is 643. The number of thiophene rings is 1. The lowest BCUT2D eigenvalue weighted by Crippen LogP contribution is -2.39. The lowest BCUT2D eigenvalue weighted by atomic mass is 9.78. The minimum absolute atomic E-state index is 0.474. The van der Waals surface area contributed by atoms with Crippen molar-refractivity contribution in [2.75, 3.05) is 23.4 Å². The molecule has 21 heavy (non-hydrogen) atoms. The molecule has 3 N–H and O–H groups in total. The minimum Gasteiger partial charge on any atom is -0.356 e. The number of hydrogen-bond acceptors (Lipinski definition) is 6. The van der Waals surface area contributed by atoms with Crippen LogP contribution in [0.25, 0.3) is 10.2 Å². The average Bonchev–Trinajstić information content (AvgIpc) is 2.87. The molecule has 2 aromatic rings. The molecule has 0 aromatic carbocycles. The molecule has 3 heterocycles. The summed E-state index contributed by atoms with van der Waals surface area (Å²) in [6.45, 7) is 8.89. The summed E-state index contributed by atoms with van der Waals surface area (Å²) in [5.41, 5.74) is 3.07. The van der Waals surface area contributed by atoms with Gasteiger partial charge in [-0.25, -0.2) is 10.8 Å². The van der Waals surface area contributed by atoms with Crippen LogP contribution in [0.4, 0.5) is 11.8 Å². The normalized spacial score (nSPS) is 18.2. The number of hydrogen-bond donors (Lipinski definition) is 2. The predicted octanol–water partition coefficient (Wildman–Crippen LogP) is 3.30. The SMILES string of the molecule is CCC1(C)CCN(c2nc(NN)nc3sc(C)cc23)CC1. The van der Waals surface area contributed by atoms with Crippen LogP contribution in [-0.2, 0) is 0 Å². The maximum Gasteiger partial charge on any atom is 0.240 e. The van der Waals surface area contributed by atoms with E-state index in [4.69, 9.17) is 5.84 Å². The van der Waals surface area contributed by atoms with E-state index in [1.807, 2.05) is 0 Å². The molecule has 0 spiro atoms. The van der Waals surface area contributed by atoms with Gasteiger partial charge in [0.05, 0.1) is 5.39 Å². The maximum absolute atomic E-state index is 5.52. The van der Waals surface area contributed by atoms with Gasteiger partial charge in [0, 0.05) is 18.0 Å². The number of nitrogens with two attached hydrogens (primary N) is 1. The highest BCUT2D eigenvalue weighted by Gasteiger charge is 2.29. The maximum atomic E-state index is 5.52. The first-order chi connectivity index (χ1) is 10.0. The summed E-state index contributed by atoms with van der Waals surface area (Å²) < 4.78 is 0. The van der Waals surface area contributed by atoms with Crippen molar-refractivity contribution in [1.29, 1.82) is 0 Å². The lowest BCUT2D eigenvalue weighted by molar-refractivity contribution is 0.238. The lowest BCUT2D eigenvalue weighted by Gasteiger charge is -2.39. The molecule has 1 aliphatic rings. The number of rotatable bonds is 3. The fraction of sp³-hybridized carbons (Fsp3) is 0.600. The molecule has 6 heteroatoms. The summed E-state index contributed by atoms with van der Waals surface area (Å²) >= 11 is 1.69. The molecule has 2 aromatic heterocycles. The van der Waals surface area contributed by atoms with Crippen LogP contribution in [0.15, 0.2) is 6.07 Å². The Morgan fingerprint density at radius 1 is 1.38 bits per heavy atom. The fourth-order valence-corrected chi connectivity index (χ4v) is 3.82. The molecule has 0 saturated carbocycles. The number of anilines is 2. The Labute approximate surface area is 129 Å². The summed E-state index contributed by atoms with van der Waals surface area (Å²) in [5, 5.41) is 1.15. The quantitative estimate of drug-likeness (QED) is 0.673. The average molecular weight is 305 g/mol. The third-order valence-electron chi connectivity index (χ3n) is 4.75. The van der Waals surface area contributed by atoms with Crippen LogP contribution in [0.3, 0.4) is 0 Å². The number of hydrazine groups is 1. The van der Waals surface area contributed by atoms with Crippen LogP contribution in [0.1, 0.15) is 38.0 Å². The van der Waals surface area contributed by atoms with Crippen molar-refractivity contribution in [2.45, 2.75) is 40.0 Å². The molecule has 1 fully saturated rings. The van der Waals surface area contributed by atoms with Gasteiger partial charge in [-0.15, -0.1) is 11.3 Å². The van der Waals surface area contributed by atoms with Crippen molar-refractivity contribution in [3.8, 4) is 0 Å². The third-order valence-corrected chi connectivity index (χ3v) is 5.69. The number of nitrogen functional groups attached to an aromatic ring is 1. The van der Waals surface area contributed by atoms with Gasteiger partial charge in [-0.1, -0.05) is 20.3 Å². The molecule has 0 aliphatic carbocycles. The van der Waals surface area contributed by atoms with Crippen molar-refractivity contribution >= 4 is 33.3 Å². The first kappa shape index (κ1) is 14.5. The summed E-state index contributed by atoms with van der Waals surface area (Å²) in [5.74, 6) is 7.05. The van der Waals surface area contributed by atoms with Gasteiger partial charge in [-0.2, -0.15) is 4.98 Å². The second kappa shape index (κ2) is 5.42. The molecule has 1 aliphatic heterocycles. The topological polar surface area (TPSA) is 67.1 Å². The first-order valence-electron chi connectivity index (χ1n) is 7.54. The number of aryl methyl sites for hydroxylation is 1. The second-order valence-electron chi connectivity index (χ2n) is 6.24. The molecule has 0 unspecified atom stereocenters. The standard InChI is InChI=1S/C15H23N5S/c1-4-15(3)5-7-20(8-6-15)12-11-9-10(2)21-13(11)18-14(17-12)19-16/h9H,4-8,16H2,1-3H3,(H,17,18,19). The third kappa shape index (κ3) is 2.70. The largest absolute Gasteiger partial charge is 0.356 e. The molecule has 0 atom stereocenters. The van der Waals surface area contributed by atoms with Crippen LogP contribution in [-0.4, -0.2) is 23.1 Å². The number of nitrogens with one attached hydrogen (secondary N) is 1. The molecule has 0 bridgehead atoms. The van der Waals surface area contributed by atoms with Crippen LogP contribution in [0.2, 0.25) is 0 Å². The zero-order valence-electron chi connectivity index (χ0n) is 12.9. The van der Waals surface area contributed by atoms with Crippen molar-refractivity contribution in [2.24, 2.45) is 11.3 Å². The van der Waals surface area contributed by atoms with Gasteiger partial charge in [-0.3, -0.25) is 5.43 Å². The zero-order valence-corrected chi connectivity index (χ0v) is 13.8. The van der Waals surface area contributed by atoms with Gasteiger partial charge in [0.25, 0.3) is 0 Å². The van der Waals surface area contributed by atoms with Crippen molar-refractivity contribution in [1.82, 2.24) is 9.97 Å². The number of piperidine rings is 1.